The minimum atomic E-state index is -0.480. The molecule has 0 atom stereocenters. The third-order valence-corrected chi connectivity index (χ3v) is 3.21. The van der Waals surface area contributed by atoms with E-state index in [-0.39, 0.29) is 12.3 Å². The summed E-state index contributed by atoms with van der Waals surface area (Å²) in [6, 6.07) is 5.37. The van der Waals surface area contributed by atoms with Crippen molar-refractivity contribution >= 4 is 23.3 Å². The average molecular weight is 262 g/mol. The second-order valence-corrected chi connectivity index (χ2v) is 4.47. The molecule has 1 aromatic carbocycles. The number of fused-ring (bicyclic) bond motifs is 1. The van der Waals surface area contributed by atoms with Gasteiger partial charge in [-0.25, -0.2) is 4.79 Å². The van der Waals surface area contributed by atoms with Gasteiger partial charge in [-0.1, -0.05) is 12.1 Å². The number of para-hydroxylation sites is 1. The van der Waals surface area contributed by atoms with Crippen molar-refractivity contribution in [2.24, 2.45) is 0 Å². The van der Waals surface area contributed by atoms with Crippen LogP contribution in [-0.4, -0.2) is 32.1 Å². The highest BCUT2D eigenvalue weighted by Crippen LogP contribution is 2.33. The third-order valence-electron chi connectivity index (χ3n) is 3.21. The Morgan fingerprint density at radius 3 is 2.95 bits per heavy atom. The van der Waals surface area contributed by atoms with E-state index in [1.165, 1.54) is 12.6 Å². The Morgan fingerprint density at radius 2 is 2.21 bits per heavy atom. The van der Waals surface area contributed by atoms with Crippen molar-refractivity contribution in [1.82, 2.24) is 10.6 Å². The number of nitrogens with one attached hydrogen (secondary N) is 2. The predicted octanol–water partition coefficient (Wildman–Crippen LogP) is 0.477. The number of rotatable bonds is 3. The minimum absolute atomic E-state index is 0.265. The highest BCUT2D eigenvalue weighted by molar-refractivity contribution is 5.94. The van der Waals surface area contributed by atoms with E-state index in [1.54, 1.807) is 0 Å². The summed E-state index contributed by atoms with van der Waals surface area (Å²) in [5.41, 5.74) is 8.94. The van der Waals surface area contributed by atoms with Crippen LogP contribution in [0.5, 0.6) is 0 Å². The molecule has 0 saturated carbocycles. The summed E-state index contributed by atoms with van der Waals surface area (Å²) in [6.07, 6.45) is 1.21. The van der Waals surface area contributed by atoms with E-state index >= 15 is 0 Å². The highest BCUT2D eigenvalue weighted by atomic mass is 16.2. The maximum absolute atomic E-state index is 11.5. The first-order valence-corrected chi connectivity index (χ1v) is 6.25. The summed E-state index contributed by atoms with van der Waals surface area (Å²) in [4.78, 5) is 24.6. The average Bonchev–Trinajstić information content (AvgIpc) is 2.81. The number of carbonyl (C=O) groups excluding carboxylic acids is 2. The molecule has 1 aliphatic heterocycles. The number of nitrogen functional groups attached to an aromatic ring is 1. The van der Waals surface area contributed by atoms with Gasteiger partial charge in [-0.15, -0.1) is 0 Å². The normalized spacial score (nSPS) is 13.0. The zero-order valence-electron chi connectivity index (χ0n) is 10.9. The lowest BCUT2D eigenvalue weighted by Gasteiger charge is -2.20. The lowest BCUT2D eigenvalue weighted by molar-refractivity contribution is -0.119. The van der Waals surface area contributed by atoms with E-state index in [4.69, 9.17) is 5.73 Å². The first-order chi connectivity index (χ1) is 9.11. The lowest BCUT2D eigenvalue weighted by Crippen LogP contribution is -2.39. The fourth-order valence-electron chi connectivity index (χ4n) is 2.28. The zero-order chi connectivity index (χ0) is 13.8. The maximum atomic E-state index is 11.5. The van der Waals surface area contributed by atoms with Crippen molar-refractivity contribution in [1.29, 1.82) is 0 Å². The van der Waals surface area contributed by atoms with Crippen molar-refractivity contribution in [2.45, 2.75) is 12.8 Å². The van der Waals surface area contributed by atoms with Gasteiger partial charge in [-0.3, -0.25) is 10.1 Å². The van der Waals surface area contributed by atoms with Crippen LogP contribution >= 0.6 is 0 Å². The van der Waals surface area contributed by atoms with Crippen LogP contribution in [0.2, 0.25) is 0 Å². The summed E-state index contributed by atoms with van der Waals surface area (Å²) < 4.78 is 0. The monoisotopic (exact) mass is 262 g/mol. The number of carbonyl (C=O) groups is 2. The first-order valence-electron chi connectivity index (χ1n) is 6.25. The van der Waals surface area contributed by atoms with Crippen LogP contribution in [-0.2, 0) is 11.2 Å². The molecule has 19 heavy (non-hydrogen) atoms. The fraction of sp³-hybridized carbons (Fsp3) is 0.385. The van der Waals surface area contributed by atoms with E-state index in [2.05, 4.69) is 21.6 Å². The first kappa shape index (κ1) is 13.2. The maximum Gasteiger partial charge on any atom is 0.321 e. The molecule has 0 bridgehead atoms. The van der Waals surface area contributed by atoms with Crippen molar-refractivity contribution in [3.8, 4) is 0 Å². The fourth-order valence-corrected chi connectivity index (χ4v) is 2.28. The highest BCUT2D eigenvalue weighted by Gasteiger charge is 2.21. The van der Waals surface area contributed by atoms with Gasteiger partial charge >= 0.3 is 6.03 Å². The molecule has 1 heterocycles. The molecule has 1 aromatic rings. The number of imide groups is 1. The second-order valence-electron chi connectivity index (χ2n) is 4.47. The van der Waals surface area contributed by atoms with E-state index in [0.717, 1.165) is 24.3 Å². The summed E-state index contributed by atoms with van der Waals surface area (Å²) in [6.45, 7) is 1.42. The molecule has 3 amide bonds. The molecule has 0 aromatic heterocycles. The standard InChI is InChI=1S/C13H18N4O2/c1-15-13(19)16-11(18)6-8-17-7-5-9-3-2-4-10(14)12(9)17/h2-4H,5-8,14H2,1H3,(H2,15,16,18,19). The van der Waals surface area contributed by atoms with Gasteiger partial charge in [0.1, 0.15) is 0 Å². The van der Waals surface area contributed by atoms with Crippen LogP contribution in [0.25, 0.3) is 0 Å². The number of hydrogen-bond donors (Lipinski definition) is 3. The number of anilines is 2. The molecule has 1 aliphatic rings. The molecule has 6 heteroatoms. The Kier molecular flexibility index (Phi) is 3.89. The largest absolute Gasteiger partial charge is 0.397 e. The summed E-state index contributed by atoms with van der Waals surface area (Å²) in [5, 5.41) is 4.59. The molecule has 0 unspecified atom stereocenters. The molecular formula is C13H18N4O2. The topological polar surface area (TPSA) is 87.5 Å². The smallest absolute Gasteiger partial charge is 0.321 e. The minimum Gasteiger partial charge on any atom is -0.397 e. The summed E-state index contributed by atoms with van der Waals surface area (Å²) >= 11 is 0. The molecule has 0 fully saturated rings. The van der Waals surface area contributed by atoms with E-state index in [0.29, 0.717) is 6.54 Å². The van der Waals surface area contributed by atoms with E-state index in [1.807, 2.05) is 12.1 Å². The van der Waals surface area contributed by atoms with Gasteiger partial charge in [0.2, 0.25) is 5.91 Å². The van der Waals surface area contributed by atoms with Crippen LogP contribution in [0.15, 0.2) is 18.2 Å². The van der Waals surface area contributed by atoms with Crippen molar-refractivity contribution in [3.63, 3.8) is 0 Å². The number of nitrogens with two attached hydrogens (primary N) is 1. The Hall–Kier alpha value is -2.24. The summed E-state index contributed by atoms with van der Waals surface area (Å²) in [5.74, 6) is -0.290. The Labute approximate surface area is 112 Å². The molecule has 6 nitrogen and oxygen atoms in total. The molecule has 4 N–H and O–H groups in total. The molecular weight excluding hydrogens is 244 g/mol. The quantitative estimate of drug-likeness (QED) is 0.691. The van der Waals surface area contributed by atoms with Crippen LogP contribution in [0.4, 0.5) is 16.2 Å². The van der Waals surface area contributed by atoms with Crippen molar-refractivity contribution in [3.05, 3.63) is 23.8 Å². The van der Waals surface area contributed by atoms with Gasteiger partial charge in [0.15, 0.2) is 0 Å². The second kappa shape index (κ2) is 5.60. The van der Waals surface area contributed by atoms with Gasteiger partial charge in [0.25, 0.3) is 0 Å². The molecule has 0 aliphatic carbocycles. The zero-order valence-corrected chi connectivity index (χ0v) is 10.9. The number of amides is 3. The Bertz CT molecular complexity index is 501. The van der Waals surface area contributed by atoms with Gasteiger partial charge < -0.3 is 16.0 Å². The molecule has 0 saturated heterocycles. The van der Waals surface area contributed by atoms with Crippen molar-refractivity contribution in [2.75, 3.05) is 30.8 Å². The van der Waals surface area contributed by atoms with Crippen LogP contribution in [0.3, 0.4) is 0 Å². The number of benzene rings is 1. The van der Waals surface area contributed by atoms with Crippen molar-refractivity contribution < 1.29 is 9.59 Å². The van der Waals surface area contributed by atoms with Gasteiger partial charge in [-0.05, 0) is 18.1 Å². The van der Waals surface area contributed by atoms with Gasteiger partial charge in [-0.2, -0.15) is 0 Å². The predicted molar refractivity (Wildman–Crippen MR) is 74.0 cm³/mol. The van der Waals surface area contributed by atoms with E-state index < -0.39 is 6.03 Å². The lowest BCUT2D eigenvalue weighted by atomic mass is 10.1. The summed E-state index contributed by atoms with van der Waals surface area (Å²) in [7, 11) is 1.47. The number of hydrogen-bond acceptors (Lipinski definition) is 4. The molecule has 2 rings (SSSR count). The van der Waals surface area contributed by atoms with Crippen LogP contribution in [0, 0.1) is 0 Å². The van der Waals surface area contributed by atoms with Crippen LogP contribution in [0.1, 0.15) is 12.0 Å². The van der Waals surface area contributed by atoms with Gasteiger partial charge in [0, 0.05) is 26.6 Å². The Morgan fingerprint density at radius 1 is 1.42 bits per heavy atom. The number of nitrogens with zero attached hydrogens (tertiary/aromatic N) is 1. The third kappa shape index (κ3) is 2.96. The number of urea groups is 1. The molecule has 102 valence electrons. The Balaban J connectivity index is 1.93. The molecule has 0 spiro atoms. The molecule has 0 radical (unpaired) electrons. The van der Waals surface area contributed by atoms with E-state index in [9.17, 15) is 9.59 Å². The van der Waals surface area contributed by atoms with Gasteiger partial charge in [0.05, 0.1) is 11.4 Å². The SMILES string of the molecule is CNC(=O)NC(=O)CCN1CCc2cccc(N)c21. The van der Waals surface area contributed by atoms with Crippen LogP contribution < -0.4 is 21.3 Å².